The molecule has 19 heavy (non-hydrogen) atoms. The van der Waals surface area contributed by atoms with Gasteiger partial charge >= 0.3 is 5.97 Å². The number of rotatable bonds is 3. The molecule has 0 saturated carbocycles. The van der Waals surface area contributed by atoms with Crippen molar-refractivity contribution in [2.75, 3.05) is 0 Å². The van der Waals surface area contributed by atoms with Crippen molar-refractivity contribution in [1.29, 1.82) is 0 Å². The van der Waals surface area contributed by atoms with Crippen LogP contribution in [-0.4, -0.2) is 33.8 Å². The van der Waals surface area contributed by atoms with Gasteiger partial charge in [0.05, 0.1) is 0 Å². The summed E-state index contributed by atoms with van der Waals surface area (Å²) in [5, 5.41) is 7.96. The highest BCUT2D eigenvalue weighted by Crippen LogP contribution is 2.28. The van der Waals surface area contributed by atoms with Gasteiger partial charge in [-0.1, -0.05) is 30.3 Å². The molecule has 1 saturated heterocycles. The number of aliphatic carboxylic acids is 1. The number of benzene rings is 1. The van der Waals surface area contributed by atoms with Crippen LogP contribution in [-0.2, 0) is 14.4 Å². The fourth-order valence-electron chi connectivity index (χ4n) is 2.08. The van der Waals surface area contributed by atoms with Crippen molar-refractivity contribution in [3.05, 3.63) is 35.9 Å². The number of alkyl halides is 1. The van der Waals surface area contributed by atoms with E-state index in [-0.39, 0.29) is 12.8 Å². The third-order valence-corrected chi connectivity index (χ3v) is 3.48. The largest absolute Gasteiger partial charge is 0.480 e. The van der Waals surface area contributed by atoms with Crippen molar-refractivity contribution in [2.24, 2.45) is 0 Å². The maximum atomic E-state index is 12.2. The molecule has 0 spiro atoms. The first kappa shape index (κ1) is 13.5. The van der Waals surface area contributed by atoms with Crippen LogP contribution in [0, 0.1) is 0 Å². The highest BCUT2D eigenvalue weighted by atomic mass is 35.5. The number of carbonyl (C=O) groups is 3. The Morgan fingerprint density at radius 1 is 1.32 bits per heavy atom. The van der Waals surface area contributed by atoms with Gasteiger partial charge in [-0.25, -0.2) is 4.79 Å². The zero-order chi connectivity index (χ0) is 14.0. The molecule has 0 radical (unpaired) electrons. The summed E-state index contributed by atoms with van der Waals surface area (Å²) < 4.78 is 0. The van der Waals surface area contributed by atoms with Gasteiger partial charge in [0.2, 0.25) is 5.91 Å². The Hall–Kier alpha value is -1.88. The molecule has 1 aromatic carbocycles. The Kier molecular flexibility index (Phi) is 3.85. The van der Waals surface area contributed by atoms with E-state index in [0.29, 0.717) is 5.56 Å². The van der Waals surface area contributed by atoms with Crippen LogP contribution in [0.1, 0.15) is 23.8 Å². The minimum atomic E-state index is -1.18. The average Bonchev–Trinajstić information content (AvgIpc) is 2.80. The molecule has 2 amide bonds. The summed E-state index contributed by atoms with van der Waals surface area (Å²) in [6.07, 6.45) is 0.194. The number of nitrogens with zero attached hydrogens (tertiary/aromatic N) is 1. The lowest BCUT2D eigenvalue weighted by molar-refractivity contribution is -0.153. The lowest BCUT2D eigenvalue weighted by Crippen LogP contribution is -2.44. The second-order valence-electron chi connectivity index (χ2n) is 4.27. The Morgan fingerprint density at radius 2 is 1.95 bits per heavy atom. The standard InChI is InChI=1S/C13H12ClNO4/c14-11(8-4-2-1-3-5-8)12(17)15-9(13(18)19)6-7-10(15)16/h1-5,9,11H,6-7H2,(H,18,19)/t9-,11?/m0/s1. The summed E-state index contributed by atoms with van der Waals surface area (Å²) in [5.74, 6) is -2.35. The number of hydrogen-bond acceptors (Lipinski definition) is 3. The van der Waals surface area contributed by atoms with Crippen molar-refractivity contribution >= 4 is 29.4 Å². The van der Waals surface area contributed by atoms with E-state index in [0.717, 1.165) is 4.90 Å². The predicted octanol–water partition coefficient (Wildman–Crippen LogP) is 1.57. The second kappa shape index (κ2) is 5.40. The third-order valence-electron chi connectivity index (χ3n) is 3.04. The number of hydrogen-bond donors (Lipinski definition) is 1. The van der Waals surface area contributed by atoms with Gasteiger partial charge in [0.1, 0.15) is 11.4 Å². The van der Waals surface area contributed by atoms with E-state index in [1.165, 1.54) is 0 Å². The first-order valence-electron chi connectivity index (χ1n) is 5.80. The molecule has 1 aromatic rings. The van der Waals surface area contributed by atoms with Gasteiger partial charge < -0.3 is 5.11 Å². The zero-order valence-corrected chi connectivity index (χ0v) is 10.7. The number of carboxylic acid groups (broad SMARTS) is 1. The Balaban J connectivity index is 2.23. The van der Waals surface area contributed by atoms with Crippen LogP contribution < -0.4 is 0 Å². The van der Waals surface area contributed by atoms with Crippen LogP contribution >= 0.6 is 11.6 Å². The molecule has 0 aromatic heterocycles. The van der Waals surface area contributed by atoms with Crippen LogP contribution in [0.2, 0.25) is 0 Å². The number of carboxylic acids is 1. The molecule has 100 valence electrons. The molecule has 2 atom stereocenters. The summed E-state index contributed by atoms with van der Waals surface area (Å²) in [6, 6.07) is 7.43. The van der Waals surface area contributed by atoms with E-state index in [9.17, 15) is 14.4 Å². The number of imide groups is 1. The van der Waals surface area contributed by atoms with Gasteiger partial charge in [-0.3, -0.25) is 14.5 Å². The summed E-state index contributed by atoms with van der Waals surface area (Å²) in [5.41, 5.74) is 0.540. The fraction of sp³-hybridized carbons (Fsp3) is 0.308. The smallest absolute Gasteiger partial charge is 0.326 e. The highest BCUT2D eigenvalue weighted by Gasteiger charge is 2.42. The second-order valence-corrected chi connectivity index (χ2v) is 4.70. The number of carbonyl (C=O) groups excluding carboxylic acids is 2. The molecule has 0 bridgehead atoms. The maximum Gasteiger partial charge on any atom is 0.326 e. The van der Waals surface area contributed by atoms with Crippen LogP contribution in [0.3, 0.4) is 0 Å². The summed E-state index contributed by atoms with van der Waals surface area (Å²) >= 11 is 6.04. The van der Waals surface area contributed by atoms with Crippen molar-refractivity contribution in [3.8, 4) is 0 Å². The quantitative estimate of drug-likeness (QED) is 0.854. The van der Waals surface area contributed by atoms with E-state index in [1.807, 2.05) is 0 Å². The highest BCUT2D eigenvalue weighted by molar-refractivity contribution is 6.32. The van der Waals surface area contributed by atoms with Crippen LogP contribution in [0.5, 0.6) is 0 Å². The third kappa shape index (κ3) is 2.61. The first-order valence-corrected chi connectivity index (χ1v) is 6.23. The summed E-state index contributed by atoms with van der Waals surface area (Å²) in [6.45, 7) is 0. The van der Waals surface area contributed by atoms with Crippen molar-refractivity contribution in [3.63, 3.8) is 0 Å². The van der Waals surface area contributed by atoms with Crippen LogP contribution in [0.4, 0.5) is 0 Å². The predicted molar refractivity (Wildman–Crippen MR) is 67.5 cm³/mol. The Labute approximate surface area is 114 Å². The minimum absolute atomic E-state index is 0.0567. The molecular weight excluding hydrogens is 270 g/mol. The first-order chi connectivity index (χ1) is 9.02. The van der Waals surface area contributed by atoms with Gasteiger partial charge in [-0.15, -0.1) is 11.6 Å². The number of halogens is 1. The van der Waals surface area contributed by atoms with Gasteiger partial charge in [-0.05, 0) is 12.0 Å². The Bertz CT molecular complexity index is 517. The molecule has 6 heteroatoms. The lowest BCUT2D eigenvalue weighted by Gasteiger charge is -2.22. The zero-order valence-electron chi connectivity index (χ0n) is 9.95. The van der Waals surface area contributed by atoms with Gasteiger partial charge in [0, 0.05) is 6.42 Å². The molecule has 0 aliphatic carbocycles. The van der Waals surface area contributed by atoms with Crippen LogP contribution in [0.15, 0.2) is 30.3 Å². The minimum Gasteiger partial charge on any atom is -0.480 e. The Morgan fingerprint density at radius 3 is 2.53 bits per heavy atom. The van der Waals surface area contributed by atoms with Crippen molar-refractivity contribution in [1.82, 2.24) is 4.90 Å². The fourth-order valence-corrected chi connectivity index (χ4v) is 2.33. The van der Waals surface area contributed by atoms with Gasteiger partial charge in [0.15, 0.2) is 0 Å². The molecule has 5 nitrogen and oxygen atoms in total. The summed E-state index contributed by atoms with van der Waals surface area (Å²) in [7, 11) is 0. The van der Waals surface area contributed by atoms with Gasteiger partial charge in [0.25, 0.3) is 5.91 Å². The normalized spacial score (nSPS) is 20.4. The topological polar surface area (TPSA) is 74.7 Å². The summed E-state index contributed by atoms with van der Waals surface area (Å²) in [4.78, 5) is 35.6. The van der Waals surface area contributed by atoms with E-state index >= 15 is 0 Å². The molecule has 2 rings (SSSR count). The molecule has 1 aliphatic rings. The van der Waals surface area contributed by atoms with Gasteiger partial charge in [-0.2, -0.15) is 0 Å². The van der Waals surface area contributed by atoms with Crippen molar-refractivity contribution < 1.29 is 19.5 Å². The average molecular weight is 282 g/mol. The molecule has 1 aliphatic heterocycles. The van der Waals surface area contributed by atoms with E-state index in [4.69, 9.17) is 16.7 Å². The van der Waals surface area contributed by atoms with Crippen LogP contribution in [0.25, 0.3) is 0 Å². The van der Waals surface area contributed by atoms with E-state index < -0.39 is 29.2 Å². The van der Waals surface area contributed by atoms with Crippen molar-refractivity contribution in [2.45, 2.75) is 24.3 Å². The molecule has 1 fully saturated rings. The lowest BCUT2D eigenvalue weighted by atomic mass is 10.1. The number of amides is 2. The monoisotopic (exact) mass is 281 g/mol. The number of likely N-dealkylation sites (tertiary alicyclic amines) is 1. The molecule has 1 unspecified atom stereocenters. The SMILES string of the molecule is O=C(O)[C@@H]1CCC(=O)N1C(=O)C(Cl)c1ccccc1. The van der Waals surface area contributed by atoms with E-state index in [2.05, 4.69) is 0 Å². The molecular formula is C13H12ClNO4. The molecule has 1 heterocycles. The maximum absolute atomic E-state index is 12.2. The van der Waals surface area contributed by atoms with E-state index in [1.54, 1.807) is 30.3 Å². The molecule has 1 N–H and O–H groups in total.